The standard InChI is InChI=1S/C21H34N2O3S/c1-5-19(21(24)22-18-11-9-7-6-8-10-12-18)23(27(4,25)26)20-15-16(2)13-14-17(20)3/h13-15,18-19H,5-12H2,1-4H3,(H,22,24). The molecule has 2 rings (SSSR count). The predicted octanol–water partition coefficient (Wildman–Crippen LogP) is 4.08. The number of carbonyl (C=O) groups is 1. The van der Waals surface area contributed by atoms with Gasteiger partial charge in [0.15, 0.2) is 0 Å². The molecular formula is C21H34N2O3S. The van der Waals surface area contributed by atoms with Crippen molar-refractivity contribution < 1.29 is 13.2 Å². The van der Waals surface area contributed by atoms with E-state index in [0.717, 1.165) is 36.8 Å². The van der Waals surface area contributed by atoms with Crippen LogP contribution in [0.25, 0.3) is 0 Å². The summed E-state index contributed by atoms with van der Waals surface area (Å²) in [5.74, 6) is -0.186. The number of nitrogens with one attached hydrogen (secondary N) is 1. The molecule has 0 saturated heterocycles. The van der Waals surface area contributed by atoms with Gasteiger partial charge in [0.05, 0.1) is 11.9 Å². The summed E-state index contributed by atoms with van der Waals surface area (Å²) in [4.78, 5) is 13.1. The molecule has 0 bridgehead atoms. The molecule has 152 valence electrons. The van der Waals surface area contributed by atoms with Crippen molar-refractivity contribution in [2.24, 2.45) is 0 Å². The Morgan fingerprint density at radius 1 is 1.15 bits per heavy atom. The molecule has 6 heteroatoms. The molecule has 5 nitrogen and oxygen atoms in total. The second-order valence-corrected chi connectivity index (χ2v) is 9.68. The molecule has 0 aliphatic heterocycles. The lowest BCUT2D eigenvalue weighted by atomic mass is 9.96. The average molecular weight is 395 g/mol. The molecule has 0 aromatic heterocycles. The molecule has 1 amide bonds. The first-order chi connectivity index (χ1) is 12.7. The molecular weight excluding hydrogens is 360 g/mol. The molecule has 1 N–H and O–H groups in total. The number of anilines is 1. The lowest BCUT2D eigenvalue weighted by Gasteiger charge is -2.33. The van der Waals surface area contributed by atoms with Crippen molar-refractivity contribution in [3.63, 3.8) is 0 Å². The van der Waals surface area contributed by atoms with Crippen LogP contribution in [-0.2, 0) is 14.8 Å². The van der Waals surface area contributed by atoms with Crippen LogP contribution in [0, 0.1) is 13.8 Å². The summed E-state index contributed by atoms with van der Waals surface area (Å²) in [6.45, 7) is 5.68. The summed E-state index contributed by atoms with van der Waals surface area (Å²) in [5, 5.41) is 3.15. The maximum Gasteiger partial charge on any atom is 0.244 e. The van der Waals surface area contributed by atoms with Crippen molar-refractivity contribution in [2.45, 2.75) is 84.2 Å². The summed E-state index contributed by atoms with van der Waals surface area (Å²) in [6.07, 6.45) is 9.49. The second kappa shape index (κ2) is 9.58. The van der Waals surface area contributed by atoms with E-state index in [9.17, 15) is 13.2 Å². The van der Waals surface area contributed by atoms with Crippen LogP contribution in [0.2, 0.25) is 0 Å². The van der Waals surface area contributed by atoms with Crippen LogP contribution < -0.4 is 9.62 Å². The molecule has 1 aromatic rings. The zero-order chi connectivity index (χ0) is 20.0. The minimum absolute atomic E-state index is 0.145. The first-order valence-electron chi connectivity index (χ1n) is 10.1. The Bertz CT molecular complexity index is 738. The number of sulfonamides is 1. The first kappa shape index (κ1) is 21.7. The minimum Gasteiger partial charge on any atom is -0.352 e. The van der Waals surface area contributed by atoms with Crippen LogP contribution >= 0.6 is 0 Å². The highest BCUT2D eigenvalue weighted by Crippen LogP contribution is 2.28. The zero-order valence-electron chi connectivity index (χ0n) is 17.1. The number of hydrogen-bond acceptors (Lipinski definition) is 3. The van der Waals surface area contributed by atoms with Crippen LogP contribution in [0.5, 0.6) is 0 Å². The topological polar surface area (TPSA) is 66.5 Å². The molecule has 1 unspecified atom stereocenters. The summed E-state index contributed by atoms with van der Waals surface area (Å²) < 4.78 is 26.6. The third-order valence-corrected chi connectivity index (χ3v) is 6.55. The largest absolute Gasteiger partial charge is 0.352 e. The van der Waals surface area contributed by atoms with E-state index < -0.39 is 16.1 Å². The zero-order valence-corrected chi connectivity index (χ0v) is 17.9. The Labute approximate surface area is 164 Å². The fraction of sp³-hybridized carbons (Fsp3) is 0.667. The highest BCUT2D eigenvalue weighted by molar-refractivity contribution is 7.92. The van der Waals surface area contributed by atoms with E-state index in [-0.39, 0.29) is 11.9 Å². The Kier molecular flexibility index (Phi) is 7.71. The summed E-state index contributed by atoms with van der Waals surface area (Å²) in [6, 6.07) is 5.12. The minimum atomic E-state index is -3.59. The molecule has 1 aromatic carbocycles. The van der Waals surface area contributed by atoms with Crippen molar-refractivity contribution >= 4 is 21.6 Å². The van der Waals surface area contributed by atoms with Gasteiger partial charge in [-0.1, -0.05) is 51.2 Å². The van der Waals surface area contributed by atoms with Crippen LogP contribution in [0.15, 0.2) is 18.2 Å². The predicted molar refractivity (Wildman–Crippen MR) is 112 cm³/mol. The van der Waals surface area contributed by atoms with Crippen LogP contribution in [-0.4, -0.2) is 32.7 Å². The Morgan fingerprint density at radius 2 is 1.74 bits per heavy atom. The number of amides is 1. The molecule has 1 aliphatic carbocycles. The van der Waals surface area contributed by atoms with Gasteiger partial charge in [-0.2, -0.15) is 0 Å². The fourth-order valence-corrected chi connectivity index (χ4v) is 5.15. The summed E-state index contributed by atoms with van der Waals surface area (Å²) in [5.41, 5.74) is 2.42. The van der Waals surface area contributed by atoms with E-state index >= 15 is 0 Å². The number of rotatable bonds is 6. The van der Waals surface area contributed by atoms with Gasteiger partial charge in [0.1, 0.15) is 6.04 Å². The number of carbonyl (C=O) groups excluding carboxylic acids is 1. The molecule has 27 heavy (non-hydrogen) atoms. The van der Waals surface area contributed by atoms with E-state index in [1.165, 1.54) is 29.8 Å². The van der Waals surface area contributed by atoms with E-state index in [1.54, 1.807) is 0 Å². The van der Waals surface area contributed by atoms with Crippen molar-refractivity contribution in [3.8, 4) is 0 Å². The van der Waals surface area contributed by atoms with Crippen molar-refractivity contribution in [3.05, 3.63) is 29.3 Å². The Morgan fingerprint density at radius 3 is 2.30 bits per heavy atom. The van der Waals surface area contributed by atoms with E-state index in [2.05, 4.69) is 5.32 Å². The molecule has 1 saturated carbocycles. The average Bonchev–Trinajstić information content (AvgIpc) is 2.56. The van der Waals surface area contributed by atoms with Gasteiger partial charge < -0.3 is 5.32 Å². The van der Waals surface area contributed by atoms with E-state index in [4.69, 9.17) is 0 Å². The highest BCUT2D eigenvalue weighted by Gasteiger charge is 2.33. The third kappa shape index (κ3) is 5.96. The quantitative estimate of drug-likeness (QED) is 0.791. The van der Waals surface area contributed by atoms with E-state index in [1.807, 2.05) is 39.0 Å². The monoisotopic (exact) mass is 394 g/mol. The van der Waals surface area contributed by atoms with Gasteiger partial charge in [-0.25, -0.2) is 8.42 Å². The maximum absolute atomic E-state index is 13.1. The van der Waals surface area contributed by atoms with Crippen LogP contribution in [0.4, 0.5) is 5.69 Å². The molecule has 1 aliphatic rings. The Balaban J connectivity index is 2.29. The summed E-state index contributed by atoms with van der Waals surface area (Å²) in [7, 11) is -3.59. The van der Waals surface area contributed by atoms with Gasteiger partial charge in [0, 0.05) is 6.04 Å². The lowest BCUT2D eigenvalue weighted by molar-refractivity contribution is -0.123. The lowest BCUT2D eigenvalue weighted by Crippen LogP contribution is -2.51. The normalized spacial score (nSPS) is 17.6. The van der Waals surface area contributed by atoms with Crippen molar-refractivity contribution in [1.29, 1.82) is 0 Å². The summed E-state index contributed by atoms with van der Waals surface area (Å²) >= 11 is 0. The van der Waals surface area contributed by atoms with Gasteiger partial charge in [0.2, 0.25) is 15.9 Å². The van der Waals surface area contributed by atoms with Gasteiger partial charge in [-0.3, -0.25) is 9.10 Å². The smallest absolute Gasteiger partial charge is 0.244 e. The molecule has 0 radical (unpaired) electrons. The van der Waals surface area contributed by atoms with Gasteiger partial charge in [-0.05, 0) is 50.3 Å². The number of nitrogens with zero attached hydrogens (tertiary/aromatic N) is 1. The number of benzene rings is 1. The van der Waals surface area contributed by atoms with Gasteiger partial charge >= 0.3 is 0 Å². The van der Waals surface area contributed by atoms with Crippen LogP contribution in [0.1, 0.15) is 69.4 Å². The second-order valence-electron chi connectivity index (χ2n) is 7.82. The first-order valence-corrected chi connectivity index (χ1v) is 12.0. The Hall–Kier alpha value is -1.56. The number of aryl methyl sites for hydroxylation is 2. The SMILES string of the molecule is CCC(C(=O)NC1CCCCCCC1)N(c1cc(C)ccc1C)S(C)(=O)=O. The molecule has 0 heterocycles. The van der Waals surface area contributed by atoms with Gasteiger partial charge in [-0.15, -0.1) is 0 Å². The molecule has 0 spiro atoms. The van der Waals surface area contributed by atoms with Crippen LogP contribution in [0.3, 0.4) is 0 Å². The number of hydrogen-bond donors (Lipinski definition) is 1. The fourth-order valence-electron chi connectivity index (χ4n) is 3.89. The molecule has 1 atom stereocenters. The highest BCUT2D eigenvalue weighted by atomic mass is 32.2. The van der Waals surface area contributed by atoms with Crippen molar-refractivity contribution in [2.75, 3.05) is 10.6 Å². The molecule has 1 fully saturated rings. The van der Waals surface area contributed by atoms with E-state index in [0.29, 0.717) is 12.1 Å². The maximum atomic E-state index is 13.1. The third-order valence-electron chi connectivity index (χ3n) is 5.38. The van der Waals surface area contributed by atoms with Gasteiger partial charge in [0.25, 0.3) is 0 Å². The van der Waals surface area contributed by atoms with Crippen molar-refractivity contribution in [1.82, 2.24) is 5.32 Å².